The number of fused-ring (bicyclic) bond motifs is 1. The second-order valence-corrected chi connectivity index (χ2v) is 6.28. The summed E-state index contributed by atoms with van der Waals surface area (Å²) in [5, 5.41) is 21.4. The summed E-state index contributed by atoms with van der Waals surface area (Å²) in [7, 11) is 0.910. The highest BCUT2D eigenvalue weighted by Gasteiger charge is 2.39. The van der Waals surface area contributed by atoms with Crippen molar-refractivity contribution >= 4 is 23.5 Å². The summed E-state index contributed by atoms with van der Waals surface area (Å²) < 4.78 is 7.66. The molecule has 0 fully saturated rings. The minimum atomic E-state index is -1.07. The molecule has 0 spiro atoms. The highest BCUT2D eigenvalue weighted by molar-refractivity contribution is 6.60. The predicted molar refractivity (Wildman–Crippen MR) is 82.0 cm³/mol. The minimum absolute atomic E-state index is 0.682. The highest BCUT2D eigenvalue weighted by Crippen LogP contribution is 2.25. The molecule has 0 radical (unpaired) electrons. The van der Waals surface area contributed by atoms with Crippen LogP contribution in [-0.2, 0) is 11.7 Å². The molecule has 0 unspecified atom stereocenters. The number of aliphatic hydroxyl groups is 1. The summed E-state index contributed by atoms with van der Waals surface area (Å²) in [5.41, 5.74) is -0.133. The van der Waals surface area contributed by atoms with Crippen molar-refractivity contribution < 1.29 is 14.8 Å². The molecule has 1 heterocycles. The summed E-state index contributed by atoms with van der Waals surface area (Å²) in [6, 6.07) is 7.69. The number of nitrogens with zero attached hydrogens (tertiary/aromatic N) is 1. The zero-order valence-electron chi connectivity index (χ0n) is 12.7. The number of benzene rings is 1. The van der Waals surface area contributed by atoms with E-state index >= 15 is 0 Å². The van der Waals surface area contributed by atoms with Crippen LogP contribution >= 0.6 is 0 Å². The Bertz CT molecular complexity index is 613. The molecule has 5 heteroatoms. The van der Waals surface area contributed by atoms with Crippen molar-refractivity contribution in [1.29, 1.82) is 0 Å². The van der Waals surface area contributed by atoms with E-state index in [4.69, 9.17) is 4.65 Å². The van der Waals surface area contributed by atoms with Crippen LogP contribution in [0.2, 0.25) is 0 Å². The monoisotopic (exact) mass is 275 g/mol. The van der Waals surface area contributed by atoms with E-state index in [0.29, 0.717) is 5.46 Å². The number of rotatable bonds is 4. The Morgan fingerprint density at radius 3 is 2.40 bits per heavy atom. The van der Waals surface area contributed by atoms with Gasteiger partial charge in [-0.2, -0.15) is 0 Å². The molecule has 2 aromatic rings. The van der Waals surface area contributed by atoms with Crippen molar-refractivity contribution in [3.63, 3.8) is 0 Å². The summed E-state index contributed by atoms with van der Waals surface area (Å²) >= 11 is 0. The smallest absolute Gasteiger partial charge is 0.423 e. The van der Waals surface area contributed by atoms with Crippen LogP contribution in [0.1, 0.15) is 27.7 Å². The van der Waals surface area contributed by atoms with E-state index in [0.717, 1.165) is 10.9 Å². The van der Waals surface area contributed by atoms with E-state index in [1.165, 1.54) is 0 Å². The van der Waals surface area contributed by atoms with Gasteiger partial charge in [0.25, 0.3) is 0 Å². The summed E-state index contributed by atoms with van der Waals surface area (Å²) in [5.74, 6) is 0. The third kappa shape index (κ3) is 2.75. The van der Waals surface area contributed by atoms with Gasteiger partial charge in [-0.05, 0) is 50.7 Å². The highest BCUT2D eigenvalue weighted by atomic mass is 16.5. The van der Waals surface area contributed by atoms with Crippen LogP contribution in [0.4, 0.5) is 0 Å². The maximum Gasteiger partial charge on any atom is 0.491 e. The van der Waals surface area contributed by atoms with Gasteiger partial charge in [0, 0.05) is 18.8 Å². The van der Waals surface area contributed by atoms with Gasteiger partial charge in [0.15, 0.2) is 0 Å². The van der Waals surface area contributed by atoms with Crippen LogP contribution in [0.25, 0.3) is 10.9 Å². The molecule has 0 saturated carbocycles. The molecular formula is C15H22BNO3. The van der Waals surface area contributed by atoms with Gasteiger partial charge in [0.1, 0.15) is 0 Å². The molecule has 0 aliphatic heterocycles. The first-order valence-corrected chi connectivity index (χ1v) is 6.75. The Hall–Kier alpha value is -1.30. The molecule has 2 N–H and O–H groups in total. The van der Waals surface area contributed by atoms with E-state index in [1.807, 2.05) is 42.1 Å². The number of aryl methyl sites for hydroxylation is 1. The van der Waals surface area contributed by atoms with Gasteiger partial charge in [-0.1, -0.05) is 12.1 Å². The maximum atomic E-state index is 10.2. The van der Waals surface area contributed by atoms with Crippen molar-refractivity contribution in [2.24, 2.45) is 7.05 Å². The van der Waals surface area contributed by atoms with Crippen LogP contribution in [0.3, 0.4) is 0 Å². The lowest BCUT2D eigenvalue weighted by Gasteiger charge is -2.38. The fourth-order valence-electron chi connectivity index (χ4n) is 1.95. The van der Waals surface area contributed by atoms with Gasteiger partial charge in [-0.25, -0.2) is 0 Å². The van der Waals surface area contributed by atoms with E-state index in [9.17, 15) is 10.1 Å². The average molecular weight is 275 g/mol. The standard InChI is InChI=1S/C15H22BNO3/c1-14(2,18)15(3,4)20-16(19)12-6-7-13-11(10-12)8-9-17(13)5/h6-10,18-19H,1-5H3. The molecule has 1 aromatic heterocycles. The van der Waals surface area contributed by atoms with Crippen molar-refractivity contribution in [3.8, 4) is 0 Å². The SMILES string of the molecule is Cn1ccc2cc(B(O)OC(C)(C)C(C)(C)O)ccc21. The quantitative estimate of drug-likeness (QED) is 0.830. The van der Waals surface area contributed by atoms with E-state index < -0.39 is 18.3 Å². The van der Waals surface area contributed by atoms with Crippen molar-refractivity contribution in [1.82, 2.24) is 4.57 Å². The summed E-state index contributed by atoms with van der Waals surface area (Å²) in [6.45, 7) is 6.86. The molecule has 0 amide bonds. The first-order valence-electron chi connectivity index (χ1n) is 6.75. The maximum absolute atomic E-state index is 10.2. The molecule has 1 aromatic carbocycles. The fourth-order valence-corrected chi connectivity index (χ4v) is 1.95. The second-order valence-electron chi connectivity index (χ2n) is 6.28. The largest absolute Gasteiger partial charge is 0.491 e. The van der Waals surface area contributed by atoms with E-state index in [2.05, 4.69) is 0 Å². The lowest BCUT2D eigenvalue weighted by Crippen LogP contribution is -2.53. The van der Waals surface area contributed by atoms with Crippen molar-refractivity contribution in [2.45, 2.75) is 38.9 Å². The van der Waals surface area contributed by atoms with Gasteiger partial charge in [-0.3, -0.25) is 0 Å². The van der Waals surface area contributed by atoms with E-state index in [-0.39, 0.29) is 0 Å². The summed E-state index contributed by atoms with van der Waals surface area (Å²) in [6.07, 6.45) is 1.97. The minimum Gasteiger partial charge on any atom is -0.423 e. The Morgan fingerprint density at radius 2 is 1.80 bits per heavy atom. The lowest BCUT2D eigenvalue weighted by molar-refractivity contribution is -0.0982. The number of hydrogen-bond acceptors (Lipinski definition) is 3. The molecule has 0 saturated heterocycles. The van der Waals surface area contributed by atoms with Crippen LogP contribution in [0, 0.1) is 0 Å². The Balaban J connectivity index is 2.25. The molecule has 0 aliphatic rings. The summed E-state index contributed by atoms with van der Waals surface area (Å²) in [4.78, 5) is 0. The van der Waals surface area contributed by atoms with Crippen LogP contribution < -0.4 is 5.46 Å². The Labute approximate surface area is 120 Å². The normalized spacial score (nSPS) is 12.9. The Morgan fingerprint density at radius 1 is 1.15 bits per heavy atom. The molecule has 4 nitrogen and oxygen atoms in total. The first-order chi connectivity index (χ1) is 9.12. The zero-order chi connectivity index (χ0) is 15.1. The van der Waals surface area contributed by atoms with Crippen LogP contribution in [-0.4, -0.2) is 33.0 Å². The number of hydrogen-bond donors (Lipinski definition) is 2. The van der Waals surface area contributed by atoms with Gasteiger partial charge in [0.2, 0.25) is 0 Å². The second kappa shape index (κ2) is 4.92. The Kier molecular flexibility index (Phi) is 3.71. The third-order valence-corrected chi connectivity index (χ3v) is 4.07. The van der Waals surface area contributed by atoms with Gasteiger partial charge in [-0.15, -0.1) is 0 Å². The topological polar surface area (TPSA) is 54.6 Å². The van der Waals surface area contributed by atoms with Crippen molar-refractivity contribution in [2.75, 3.05) is 0 Å². The molecule has 2 rings (SSSR count). The first kappa shape index (κ1) is 15.1. The molecule has 0 aliphatic carbocycles. The zero-order valence-corrected chi connectivity index (χ0v) is 12.7. The van der Waals surface area contributed by atoms with Crippen molar-refractivity contribution in [3.05, 3.63) is 30.5 Å². The van der Waals surface area contributed by atoms with Crippen LogP contribution in [0.5, 0.6) is 0 Å². The van der Waals surface area contributed by atoms with Gasteiger partial charge in [0.05, 0.1) is 11.2 Å². The molecule has 0 bridgehead atoms. The molecule has 0 atom stereocenters. The molecule has 108 valence electrons. The molecular weight excluding hydrogens is 253 g/mol. The van der Waals surface area contributed by atoms with E-state index in [1.54, 1.807) is 27.7 Å². The van der Waals surface area contributed by atoms with Gasteiger partial charge >= 0.3 is 7.12 Å². The molecule has 20 heavy (non-hydrogen) atoms. The predicted octanol–water partition coefficient (Wildman–Crippen LogP) is 1.43. The fraction of sp³-hybridized carbons (Fsp3) is 0.467. The average Bonchev–Trinajstić information content (AvgIpc) is 2.68. The van der Waals surface area contributed by atoms with Crippen LogP contribution in [0.15, 0.2) is 30.5 Å². The van der Waals surface area contributed by atoms with Gasteiger partial charge < -0.3 is 19.4 Å². The third-order valence-electron chi connectivity index (χ3n) is 4.07. The number of aromatic nitrogens is 1. The lowest BCUT2D eigenvalue weighted by atomic mass is 9.76.